The van der Waals surface area contributed by atoms with Gasteiger partial charge in [-0.3, -0.25) is 0 Å². The number of aryl methyl sites for hydroxylation is 1. The second-order valence-electron chi connectivity index (χ2n) is 3.39. The molecule has 0 heterocycles. The average molecular weight is 175 g/mol. The minimum atomic E-state index is 0.513. The van der Waals surface area contributed by atoms with Crippen LogP contribution in [0.25, 0.3) is 10.4 Å². The first-order valence-corrected chi connectivity index (χ1v) is 4.31. The third-order valence-electron chi connectivity index (χ3n) is 2.04. The first-order valence-electron chi connectivity index (χ1n) is 4.31. The van der Waals surface area contributed by atoms with Gasteiger partial charge in [-0.25, -0.2) is 0 Å². The normalized spacial score (nSPS) is 9.85. The van der Waals surface area contributed by atoms with Crippen molar-refractivity contribution < 1.29 is 0 Å². The number of azide groups is 1. The lowest BCUT2D eigenvalue weighted by atomic mass is 10.0. The van der Waals surface area contributed by atoms with Crippen molar-refractivity contribution in [1.29, 1.82) is 0 Å². The molecule has 0 aliphatic carbocycles. The van der Waals surface area contributed by atoms with Crippen molar-refractivity contribution in [1.82, 2.24) is 0 Å². The molecule has 13 heavy (non-hydrogen) atoms. The van der Waals surface area contributed by atoms with Gasteiger partial charge in [0.25, 0.3) is 0 Å². The molecule has 0 radical (unpaired) electrons. The van der Waals surface area contributed by atoms with Crippen LogP contribution in [0.15, 0.2) is 23.3 Å². The van der Waals surface area contributed by atoms with E-state index in [1.165, 1.54) is 5.56 Å². The predicted molar refractivity (Wildman–Crippen MR) is 54.1 cm³/mol. The number of rotatable bonds is 2. The molecule has 0 aliphatic rings. The van der Waals surface area contributed by atoms with Gasteiger partial charge in [-0.1, -0.05) is 37.2 Å². The summed E-state index contributed by atoms with van der Waals surface area (Å²) in [6, 6.07) is 5.93. The van der Waals surface area contributed by atoms with Gasteiger partial charge < -0.3 is 0 Å². The molecule has 3 nitrogen and oxygen atoms in total. The fraction of sp³-hybridized carbons (Fsp3) is 0.400. The lowest BCUT2D eigenvalue weighted by Crippen LogP contribution is -1.87. The molecule has 1 aromatic rings. The van der Waals surface area contributed by atoms with Crippen molar-refractivity contribution in [2.75, 3.05) is 0 Å². The Bertz CT molecular complexity index is 349. The standard InChI is InChI=1S/C10H13N3/c1-7(2)9-4-5-10(12-13-11)8(3)6-9/h4-7H,1-3H3. The van der Waals surface area contributed by atoms with Crippen molar-refractivity contribution in [3.8, 4) is 0 Å². The summed E-state index contributed by atoms with van der Waals surface area (Å²) in [5.74, 6) is 0.513. The fourth-order valence-electron chi connectivity index (χ4n) is 1.20. The van der Waals surface area contributed by atoms with Crippen LogP contribution in [0.4, 0.5) is 5.69 Å². The molecule has 0 aliphatic heterocycles. The molecule has 0 fully saturated rings. The van der Waals surface area contributed by atoms with Crippen LogP contribution in [0.2, 0.25) is 0 Å². The molecule has 3 heteroatoms. The van der Waals surface area contributed by atoms with Crippen molar-refractivity contribution in [2.24, 2.45) is 5.11 Å². The summed E-state index contributed by atoms with van der Waals surface area (Å²) >= 11 is 0. The van der Waals surface area contributed by atoms with E-state index in [1.807, 2.05) is 19.1 Å². The predicted octanol–water partition coefficient (Wildman–Crippen LogP) is 4.06. The Morgan fingerprint density at radius 2 is 2.08 bits per heavy atom. The van der Waals surface area contributed by atoms with Crippen LogP contribution < -0.4 is 0 Å². The van der Waals surface area contributed by atoms with Gasteiger partial charge in [-0.05, 0) is 29.5 Å². The number of nitrogens with zero attached hydrogens (tertiary/aromatic N) is 3. The first kappa shape index (κ1) is 9.62. The third kappa shape index (κ3) is 2.23. The Morgan fingerprint density at radius 1 is 1.38 bits per heavy atom. The topological polar surface area (TPSA) is 48.8 Å². The molecular weight excluding hydrogens is 162 g/mol. The minimum Gasteiger partial charge on any atom is -0.0605 e. The zero-order chi connectivity index (χ0) is 9.84. The highest BCUT2D eigenvalue weighted by Gasteiger charge is 2.01. The smallest absolute Gasteiger partial charge is 0.0404 e. The minimum absolute atomic E-state index is 0.513. The number of hydrogen-bond donors (Lipinski definition) is 0. The van der Waals surface area contributed by atoms with Gasteiger partial charge in [0.05, 0.1) is 0 Å². The van der Waals surface area contributed by atoms with E-state index in [1.54, 1.807) is 0 Å². The van der Waals surface area contributed by atoms with Gasteiger partial charge in [0.1, 0.15) is 0 Å². The lowest BCUT2D eigenvalue weighted by molar-refractivity contribution is 0.865. The van der Waals surface area contributed by atoms with Crippen LogP contribution in [0, 0.1) is 6.92 Å². The second kappa shape index (κ2) is 3.97. The van der Waals surface area contributed by atoms with E-state index in [0.717, 1.165) is 5.56 Å². The summed E-state index contributed by atoms with van der Waals surface area (Å²) in [6.45, 7) is 6.24. The van der Waals surface area contributed by atoms with E-state index in [2.05, 4.69) is 29.9 Å². The zero-order valence-corrected chi connectivity index (χ0v) is 8.15. The van der Waals surface area contributed by atoms with E-state index in [4.69, 9.17) is 5.53 Å². The molecule has 1 aromatic carbocycles. The summed E-state index contributed by atoms with van der Waals surface area (Å²) in [6.07, 6.45) is 0. The highest BCUT2D eigenvalue weighted by molar-refractivity contribution is 5.47. The van der Waals surface area contributed by atoms with Gasteiger partial charge in [-0.2, -0.15) is 0 Å². The van der Waals surface area contributed by atoms with Crippen LogP contribution in [0.5, 0.6) is 0 Å². The van der Waals surface area contributed by atoms with Gasteiger partial charge >= 0.3 is 0 Å². The Labute approximate surface area is 78.0 Å². The quantitative estimate of drug-likeness (QED) is 0.369. The van der Waals surface area contributed by atoms with Crippen molar-refractivity contribution >= 4 is 5.69 Å². The van der Waals surface area contributed by atoms with Gasteiger partial charge in [0, 0.05) is 10.6 Å². The van der Waals surface area contributed by atoms with Crippen molar-refractivity contribution in [3.05, 3.63) is 39.8 Å². The van der Waals surface area contributed by atoms with Crippen LogP contribution >= 0.6 is 0 Å². The Balaban J connectivity index is 3.12. The summed E-state index contributed by atoms with van der Waals surface area (Å²) in [5, 5.41) is 3.59. The van der Waals surface area contributed by atoms with Gasteiger partial charge in [0.15, 0.2) is 0 Å². The molecule has 68 valence electrons. The third-order valence-corrected chi connectivity index (χ3v) is 2.04. The number of hydrogen-bond acceptors (Lipinski definition) is 1. The monoisotopic (exact) mass is 175 g/mol. The average Bonchev–Trinajstić information content (AvgIpc) is 2.08. The molecule has 0 atom stereocenters. The summed E-state index contributed by atoms with van der Waals surface area (Å²) in [7, 11) is 0. The SMILES string of the molecule is Cc1cc(C(C)C)ccc1N=[N+]=[N-]. The van der Waals surface area contributed by atoms with Crippen LogP contribution in [0.3, 0.4) is 0 Å². The summed E-state index contributed by atoms with van der Waals surface area (Å²) in [5.41, 5.74) is 11.3. The summed E-state index contributed by atoms with van der Waals surface area (Å²) < 4.78 is 0. The van der Waals surface area contributed by atoms with Crippen LogP contribution in [-0.4, -0.2) is 0 Å². The lowest BCUT2D eigenvalue weighted by Gasteiger charge is -2.07. The van der Waals surface area contributed by atoms with Gasteiger partial charge in [-0.15, -0.1) is 0 Å². The van der Waals surface area contributed by atoms with E-state index >= 15 is 0 Å². The van der Waals surface area contributed by atoms with Crippen molar-refractivity contribution in [2.45, 2.75) is 26.7 Å². The largest absolute Gasteiger partial charge is 0.0605 e. The number of benzene rings is 1. The fourth-order valence-corrected chi connectivity index (χ4v) is 1.20. The molecule has 0 spiro atoms. The van der Waals surface area contributed by atoms with E-state index in [9.17, 15) is 0 Å². The van der Waals surface area contributed by atoms with E-state index < -0.39 is 0 Å². The zero-order valence-electron chi connectivity index (χ0n) is 8.15. The molecule has 0 aromatic heterocycles. The molecule has 0 amide bonds. The molecule has 0 saturated heterocycles. The van der Waals surface area contributed by atoms with Gasteiger partial charge in [0.2, 0.25) is 0 Å². The maximum Gasteiger partial charge on any atom is 0.0404 e. The van der Waals surface area contributed by atoms with Crippen LogP contribution in [-0.2, 0) is 0 Å². The molecular formula is C10H13N3. The van der Waals surface area contributed by atoms with E-state index in [0.29, 0.717) is 11.6 Å². The molecule has 0 bridgehead atoms. The molecule has 0 unspecified atom stereocenters. The maximum absolute atomic E-state index is 8.28. The molecule has 1 rings (SSSR count). The Kier molecular flexibility index (Phi) is 2.93. The Hall–Kier alpha value is -1.47. The highest BCUT2D eigenvalue weighted by atomic mass is 15.1. The highest BCUT2D eigenvalue weighted by Crippen LogP contribution is 2.23. The maximum atomic E-state index is 8.28. The first-order chi connectivity index (χ1) is 6.15. The summed E-state index contributed by atoms with van der Waals surface area (Å²) in [4.78, 5) is 2.77. The second-order valence-corrected chi connectivity index (χ2v) is 3.39. The van der Waals surface area contributed by atoms with Crippen LogP contribution in [0.1, 0.15) is 30.9 Å². The Morgan fingerprint density at radius 3 is 2.54 bits per heavy atom. The molecule has 0 N–H and O–H groups in total. The van der Waals surface area contributed by atoms with Crippen molar-refractivity contribution in [3.63, 3.8) is 0 Å². The molecule has 0 saturated carbocycles. The van der Waals surface area contributed by atoms with E-state index in [-0.39, 0.29) is 0 Å².